The number of benzene rings is 2. The number of ether oxygens (including phenoxy) is 2. The van der Waals surface area contributed by atoms with Gasteiger partial charge in [-0.2, -0.15) is 12.6 Å². The molecule has 2 rings (SSSR count). The number of ketones is 2. The second-order valence-corrected chi connectivity index (χ2v) is 5.84. The van der Waals surface area contributed by atoms with Crippen LogP contribution in [0.4, 0.5) is 0 Å². The summed E-state index contributed by atoms with van der Waals surface area (Å²) in [6.07, 6.45) is 0. The van der Waals surface area contributed by atoms with Crippen molar-refractivity contribution in [1.82, 2.24) is 0 Å². The summed E-state index contributed by atoms with van der Waals surface area (Å²) in [5.74, 6) is -3.02. The van der Waals surface area contributed by atoms with Crippen LogP contribution in [0.5, 0.6) is 0 Å². The Balaban J connectivity index is 2.17. The summed E-state index contributed by atoms with van der Waals surface area (Å²) in [6.45, 7) is 0.571. The SMILES string of the molecule is O=C(OCCOCCS)C(C(=O)c1ccccc1)C(=O)c1ccccc1. The second-order valence-electron chi connectivity index (χ2n) is 5.40. The van der Waals surface area contributed by atoms with Gasteiger partial charge in [0.05, 0.1) is 13.2 Å². The average Bonchev–Trinajstić information content (AvgIpc) is 2.69. The quantitative estimate of drug-likeness (QED) is 0.228. The molecule has 0 atom stereocenters. The van der Waals surface area contributed by atoms with Crippen molar-refractivity contribution >= 4 is 30.2 Å². The highest BCUT2D eigenvalue weighted by Gasteiger charge is 2.36. The van der Waals surface area contributed by atoms with Crippen molar-refractivity contribution < 1.29 is 23.9 Å². The first-order chi connectivity index (χ1) is 12.6. The molecule has 0 fully saturated rings. The van der Waals surface area contributed by atoms with E-state index in [1.165, 1.54) is 0 Å². The zero-order chi connectivity index (χ0) is 18.8. The summed E-state index contributed by atoms with van der Waals surface area (Å²) in [4.78, 5) is 38.0. The van der Waals surface area contributed by atoms with Crippen LogP contribution < -0.4 is 0 Å². The molecule has 0 aromatic heterocycles. The van der Waals surface area contributed by atoms with E-state index < -0.39 is 23.5 Å². The molecule has 0 amide bonds. The Morgan fingerprint density at radius 1 is 0.769 bits per heavy atom. The van der Waals surface area contributed by atoms with Gasteiger partial charge in [0.2, 0.25) is 0 Å². The molecule has 0 radical (unpaired) electrons. The first-order valence-corrected chi connectivity index (χ1v) is 8.82. The summed E-state index contributed by atoms with van der Waals surface area (Å²) in [6, 6.07) is 16.5. The monoisotopic (exact) mass is 372 g/mol. The smallest absolute Gasteiger partial charge is 0.324 e. The molecule has 6 heteroatoms. The van der Waals surface area contributed by atoms with E-state index in [2.05, 4.69) is 12.6 Å². The lowest BCUT2D eigenvalue weighted by atomic mass is 9.90. The van der Waals surface area contributed by atoms with Crippen molar-refractivity contribution in [2.75, 3.05) is 25.6 Å². The molecule has 0 saturated heterocycles. The highest BCUT2D eigenvalue weighted by Crippen LogP contribution is 2.17. The number of esters is 1. The fourth-order valence-corrected chi connectivity index (χ4v) is 2.45. The molecular weight excluding hydrogens is 352 g/mol. The molecule has 0 spiro atoms. The van der Waals surface area contributed by atoms with E-state index >= 15 is 0 Å². The van der Waals surface area contributed by atoms with Gasteiger partial charge in [0.25, 0.3) is 0 Å². The van der Waals surface area contributed by atoms with Gasteiger partial charge in [0.1, 0.15) is 6.61 Å². The van der Waals surface area contributed by atoms with E-state index in [0.29, 0.717) is 12.4 Å². The van der Waals surface area contributed by atoms with Gasteiger partial charge < -0.3 is 9.47 Å². The predicted octanol–water partition coefficient (Wildman–Crippen LogP) is 2.86. The van der Waals surface area contributed by atoms with Crippen LogP contribution >= 0.6 is 12.6 Å². The van der Waals surface area contributed by atoms with Crippen LogP contribution in [0.15, 0.2) is 60.7 Å². The highest BCUT2D eigenvalue weighted by atomic mass is 32.1. The van der Waals surface area contributed by atoms with E-state index in [1.807, 2.05) is 0 Å². The fraction of sp³-hybridized carbons (Fsp3) is 0.250. The first-order valence-electron chi connectivity index (χ1n) is 8.19. The van der Waals surface area contributed by atoms with Gasteiger partial charge in [-0.3, -0.25) is 14.4 Å². The molecule has 5 nitrogen and oxygen atoms in total. The standard InChI is InChI=1S/C20H20O5S/c21-18(15-7-3-1-4-8-15)17(19(22)16-9-5-2-6-10-16)20(23)25-12-11-24-13-14-26/h1-10,17,26H,11-14H2. The first kappa shape index (κ1) is 19.9. The fourth-order valence-electron chi connectivity index (χ4n) is 2.32. The van der Waals surface area contributed by atoms with Gasteiger partial charge in [-0.1, -0.05) is 60.7 Å². The van der Waals surface area contributed by atoms with Crippen molar-refractivity contribution in [3.8, 4) is 0 Å². The van der Waals surface area contributed by atoms with Gasteiger partial charge in [0.15, 0.2) is 17.5 Å². The van der Waals surface area contributed by atoms with Crippen molar-refractivity contribution in [2.45, 2.75) is 0 Å². The molecule has 0 bridgehead atoms. The Labute approximate surface area is 157 Å². The maximum absolute atomic E-state index is 12.8. The summed E-state index contributed by atoms with van der Waals surface area (Å²) < 4.78 is 10.3. The minimum Gasteiger partial charge on any atom is -0.462 e. The zero-order valence-corrected chi connectivity index (χ0v) is 15.1. The van der Waals surface area contributed by atoms with Crippen LogP contribution in [0, 0.1) is 5.92 Å². The molecule has 0 N–H and O–H groups in total. The normalized spacial score (nSPS) is 10.5. The molecule has 0 heterocycles. The van der Waals surface area contributed by atoms with Crippen molar-refractivity contribution in [3.63, 3.8) is 0 Å². The third-order valence-electron chi connectivity index (χ3n) is 3.58. The predicted molar refractivity (Wildman–Crippen MR) is 101 cm³/mol. The molecule has 2 aromatic rings. The van der Waals surface area contributed by atoms with Crippen LogP contribution in [0.3, 0.4) is 0 Å². The Kier molecular flexibility index (Phi) is 8.05. The van der Waals surface area contributed by atoms with E-state index in [9.17, 15) is 14.4 Å². The molecule has 26 heavy (non-hydrogen) atoms. The van der Waals surface area contributed by atoms with E-state index in [0.717, 1.165) is 0 Å². The molecule has 0 unspecified atom stereocenters. The van der Waals surface area contributed by atoms with Crippen molar-refractivity contribution in [2.24, 2.45) is 5.92 Å². The number of thiol groups is 1. The van der Waals surface area contributed by atoms with E-state index in [4.69, 9.17) is 9.47 Å². The van der Waals surface area contributed by atoms with Crippen LogP contribution in [-0.2, 0) is 14.3 Å². The summed E-state index contributed by atoms with van der Waals surface area (Å²) in [5, 5.41) is 0. The summed E-state index contributed by atoms with van der Waals surface area (Å²) in [5.41, 5.74) is 0.565. The number of Topliss-reactive ketones (excluding diaryl/α,β-unsaturated/α-hetero) is 2. The minimum absolute atomic E-state index is 0.0345. The Morgan fingerprint density at radius 3 is 1.73 bits per heavy atom. The average molecular weight is 372 g/mol. The van der Waals surface area contributed by atoms with Crippen LogP contribution in [-0.4, -0.2) is 43.1 Å². The molecule has 0 aliphatic rings. The molecule has 2 aromatic carbocycles. The maximum atomic E-state index is 12.8. The largest absolute Gasteiger partial charge is 0.462 e. The third-order valence-corrected chi connectivity index (χ3v) is 3.77. The van der Waals surface area contributed by atoms with Crippen molar-refractivity contribution in [3.05, 3.63) is 71.8 Å². The van der Waals surface area contributed by atoms with Gasteiger partial charge in [-0.25, -0.2) is 0 Å². The molecule has 0 aliphatic carbocycles. The van der Waals surface area contributed by atoms with Crippen LogP contribution in [0.1, 0.15) is 20.7 Å². The lowest BCUT2D eigenvalue weighted by molar-refractivity contribution is -0.146. The topological polar surface area (TPSA) is 69.7 Å². The Hall–Kier alpha value is -2.44. The second kappa shape index (κ2) is 10.5. The number of rotatable bonds is 10. The summed E-state index contributed by atoms with van der Waals surface area (Å²) >= 11 is 4.01. The molecule has 0 aliphatic heterocycles. The van der Waals surface area contributed by atoms with Gasteiger partial charge in [0, 0.05) is 16.9 Å². The molecular formula is C20H20O5S. The maximum Gasteiger partial charge on any atom is 0.324 e. The van der Waals surface area contributed by atoms with Crippen molar-refractivity contribution in [1.29, 1.82) is 0 Å². The molecule has 136 valence electrons. The lowest BCUT2D eigenvalue weighted by Gasteiger charge is -2.14. The van der Waals surface area contributed by atoms with E-state index in [1.54, 1.807) is 60.7 Å². The zero-order valence-electron chi connectivity index (χ0n) is 14.2. The highest BCUT2D eigenvalue weighted by molar-refractivity contribution is 7.80. The Bertz CT molecular complexity index is 679. The van der Waals surface area contributed by atoms with E-state index in [-0.39, 0.29) is 24.3 Å². The number of hydrogen-bond donors (Lipinski definition) is 1. The summed E-state index contributed by atoms with van der Waals surface area (Å²) in [7, 11) is 0. The third kappa shape index (κ3) is 5.54. The van der Waals surface area contributed by atoms with Gasteiger partial charge >= 0.3 is 5.97 Å². The van der Waals surface area contributed by atoms with Crippen LogP contribution in [0.25, 0.3) is 0 Å². The Morgan fingerprint density at radius 2 is 1.27 bits per heavy atom. The lowest BCUT2D eigenvalue weighted by Crippen LogP contribution is -2.34. The van der Waals surface area contributed by atoms with Crippen LogP contribution in [0.2, 0.25) is 0 Å². The number of hydrogen-bond acceptors (Lipinski definition) is 6. The number of carbonyl (C=O) groups excluding carboxylic acids is 3. The minimum atomic E-state index is -1.54. The number of carbonyl (C=O) groups is 3. The van der Waals surface area contributed by atoms with Gasteiger partial charge in [-0.05, 0) is 0 Å². The van der Waals surface area contributed by atoms with Gasteiger partial charge in [-0.15, -0.1) is 0 Å². The molecule has 0 saturated carbocycles.